The fourth-order valence-corrected chi connectivity index (χ4v) is 3.69. The maximum atomic E-state index is 13.0. The summed E-state index contributed by atoms with van der Waals surface area (Å²) < 4.78 is 45.2. The van der Waals surface area contributed by atoms with Crippen LogP contribution in [-0.4, -0.2) is 22.4 Å². The number of benzene rings is 2. The number of oxime groups is 1. The first-order chi connectivity index (χ1) is 15.2. The highest BCUT2D eigenvalue weighted by Crippen LogP contribution is 2.42. The Morgan fingerprint density at radius 2 is 1.91 bits per heavy atom. The lowest BCUT2D eigenvalue weighted by molar-refractivity contribution is -0.187. The molecule has 0 fully saturated rings. The third-order valence-corrected chi connectivity index (χ3v) is 5.62. The maximum absolute atomic E-state index is 13.0. The summed E-state index contributed by atoms with van der Waals surface area (Å²) in [5, 5.41) is 14.1. The van der Waals surface area contributed by atoms with Gasteiger partial charge in [-0.3, -0.25) is 0 Å². The molecule has 0 spiro atoms. The van der Waals surface area contributed by atoms with Crippen molar-refractivity contribution in [3.05, 3.63) is 70.8 Å². The Kier molecular flexibility index (Phi) is 7.23. The zero-order chi connectivity index (χ0) is 23.4. The molecule has 0 aromatic heterocycles. The minimum absolute atomic E-state index is 0.00178. The zero-order valence-corrected chi connectivity index (χ0v) is 18.0. The molecule has 3 rings (SSSR count). The number of carbonyl (C=O) groups is 1. The number of aryl methyl sites for hydroxylation is 1. The molecule has 2 atom stereocenters. The SMILES string of the molecule is CCCCC1=NOC(C(=O)O)(C(OCc2ccccc2C)c2ccc(C(F)(F)F)cc2)C1. The van der Waals surface area contributed by atoms with Crippen molar-refractivity contribution in [3.63, 3.8) is 0 Å². The first-order valence-electron chi connectivity index (χ1n) is 10.5. The molecule has 1 aliphatic rings. The van der Waals surface area contributed by atoms with Crippen LogP contribution in [0.25, 0.3) is 0 Å². The van der Waals surface area contributed by atoms with E-state index < -0.39 is 29.4 Å². The third kappa shape index (κ3) is 5.12. The molecule has 0 saturated carbocycles. The van der Waals surface area contributed by atoms with Gasteiger partial charge in [0, 0.05) is 6.42 Å². The van der Waals surface area contributed by atoms with Gasteiger partial charge in [-0.25, -0.2) is 4.79 Å². The van der Waals surface area contributed by atoms with Crippen LogP contribution in [0.2, 0.25) is 0 Å². The van der Waals surface area contributed by atoms with Gasteiger partial charge in [-0.1, -0.05) is 54.9 Å². The molecule has 2 aromatic carbocycles. The summed E-state index contributed by atoms with van der Waals surface area (Å²) in [7, 11) is 0. The van der Waals surface area contributed by atoms with Crippen LogP contribution in [0.3, 0.4) is 0 Å². The number of carboxylic acids is 1. The van der Waals surface area contributed by atoms with Gasteiger partial charge >= 0.3 is 12.1 Å². The van der Waals surface area contributed by atoms with Crippen LogP contribution in [-0.2, 0) is 27.2 Å². The van der Waals surface area contributed by atoms with Crippen molar-refractivity contribution in [3.8, 4) is 0 Å². The number of nitrogens with zero attached hydrogens (tertiary/aromatic N) is 1. The molecule has 32 heavy (non-hydrogen) atoms. The molecular formula is C24H26F3NO4. The lowest BCUT2D eigenvalue weighted by Crippen LogP contribution is -2.46. The lowest BCUT2D eigenvalue weighted by Gasteiger charge is -2.32. The molecule has 2 aromatic rings. The average molecular weight is 449 g/mol. The van der Waals surface area contributed by atoms with Crippen molar-refractivity contribution in [2.45, 2.75) is 64.0 Å². The molecular weight excluding hydrogens is 423 g/mol. The molecule has 0 bridgehead atoms. The Bertz CT molecular complexity index is 972. The lowest BCUT2D eigenvalue weighted by atomic mass is 9.85. The van der Waals surface area contributed by atoms with Crippen LogP contribution in [0, 0.1) is 6.92 Å². The molecule has 0 saturated heterocycles. The minimum Gasteiger partial charge on any atom is -0.478 e. The Morgan fingerprint density at radius 3 is 2.50 bits per heavy atom. The first-order valence-corrected chi connectivity index (χ1v) is 10.5. The van der Waals surface area contributed by atoms with E-state index in [9.17, 15) is 23.1 Å². The molecule has 0 aliphatic carbocycles. The molecule has 0 radical (unpaired) electrons. The van der Waals surface area contributed by atoms with Gasteiger partial charge in [0.1, 0.15) is 6.10 Å². The van der Waals surface area contributed by atoms with Gasteiger partial charge < -0.3 is 14.7 Å². The highest BCUT2D eigenvalue weighted by atomic mass is 19.4. The fourth-order valence-electron chi connectivity index (χ4n) is 3.69. The number of ether oxygens (including phenoxy) is 1. The number of rotatable bonds is 9. The molecule has 2 unspecified atom stereocenters. The van der Waals surface area contributed by atoms with Gasteiger partial charge in [-0.15, -0.1) is 0 Å². The molecule has 1 aliphatic heterocycles. The monoisotopic (exact) mass is 449 g/mol. The molecule has 5 nitrogen and oxygen atoms in total. The first kappa shape index (κ1) is 23.8. The molecule has 8 heteroatoms. The maximum Gasteiger partial charge on any atom is 0.416 e. The second-order valence-corrected chi connectivity index (χ2v) is 7.96. The summed E-state index contributed by atoms with van der Waals surface area (Å²) >= 11 is 0. The summed E-state index contributed by atoms with van der Waals surface area (Å²) in [5.41, 5.74) is -0.00155. The highest BCUT2D eigenvalue weighted by Gasteiger charge is 2.55. The summed E-state index contributed by atoms with van der Waals surface area (Å²) in [6.45, 7) is 3.98. The average Bonchev–Trinajstić information content (AvgIpc) is 3.19. The quantitative estimate of drug-likeness (QED) is 0.505. The largest absolute Gasteiger partial charge is 0.478 e. The predicted octanol–water partition coefficient (Wildman–Crippen LogP) is 6.06. The second-order valence-electron chi connectivity index (χ2n) is 7.96. The van der Waals surface area contributed by atoms with Crippen molar-refractivity contribution in [1.82, 2.24) is 0 Å². The standard InChI is InChI=1S/C24H26F3NO4/c1-3-4-9-20-14-23(22(29)30,32-28-20)21(31-15-18-8-6-5-7-16(18)2)17-10-12-19(13-11-17)24(25,26)27/h5-8,10-13,21H,3-4,9,14-15H2,1-2H3,(H,29,30). The van der Waals surface area contributed by atoms with Gasteiger partial charge in [0.05, 0.1) is 17.9 Å². The summed E-state index contributed by atoms with van der Waals surface area (Å²) in [6, 6.07) is 11.8. The number of aliphatic carboxylic acids is 1. The number of alkyl halides is 3. The smallest absolute Gasteiger partial charge is 0.416 e. The van der Waals surface area contributed by atoms with Gasteiger partial charge in [0.15, 0.2) is 0 Å². The summed E-state index contributed by atoms with van der Waals surface area (Å²) in [4.78, 5) is 17.9. The Balaban J connectivity index is 1.95. The normalized spacial score (nSPS) is 19.3. The van der Waals surface area contributed by atoms with Gasteiger partial charge in [0.25, 0.3) is 5.60 Å². The van der Waals surface area contributed by atoms with Crippen LogP contribution in [0.5, 0.6) is 0 Å². The van der Waals surface area contributed by atoms with E-state index in [1.165, 1.54) is 12.1 Å². The van der Waals surface area contributed by atoms with E-state index in [1.54, 1.807) is 0 Å². The van der Waals surface area contributed by atoms with Gasteiger partial charge in [0.2, 0.25) is 0 Å². The van der Waals surface area contributed by atoms with Crippen molar-refractivity contribution in [1.29, 1.82) is 0 Å². The van der Waals surface area contributed by atoms with Crippen molar-refractivity contribution < 1.29 is 32.6 Å². The molecule has 1 N–H and O–H groups in total. The van der Waals surface area contributed by atoms with Crippen molar-refractivity contribution in [2.75, 3.05) is 0 Å². The van der Waals surface area contributed by atoms with E-state index >= 15 is 0 Å². The number of hydrogen-bond acceptors (Lipinski definition) is 4. The second kappa shape index (κ2) is 9.73. The predicted molar refractivity (Wildman–Crippen MR) is 113 cm³/mol. The Labute approximate surface area is 184 Å². The van der Waals surface area contributed by atoms with Crippen LogP contribution in [0.4, 0.5) is 13.2 Å². The summed E-state index contributed by atoms with van der Waals surface area (Å²) in [5.74, 6) is -1.28. The molecule has 172 valence electrons. The number of unbranched alkanes of at least 4 members (excludes halogenated alkanes) is 1. The zero-order valence-electron chi connectivity index (χ0n) is 18.0. The van der Waals surface area contributed by atoms with Gasteiger partial charge in [-0.05, 0) is 48.6 Å². The van der Waals surface area contributed by atoms with E-state index in [2.05, 4.69) is 5.16 Å². The van der Waals surface area contributed by atoms with Crippen molar-refractivity contribution in [2.24, 2.45) is 5.16 Å². The Morgan fingerprint density at radius 1 is 1.22 bits per heavy atom. The van der Waals surface area contributed by atoms with Crippen molar-refractivity contribution >= 4 is 11.7 Å². The summed E-state index contributed by atoms with van der Waals surface area (Å²) in [6.07, 6.45) is -3.34. The molecule has 0 amide bonds. The fraction of sp³-hybridized carbons (Fsp3) is 0.417. The van der Waals surface area contributed by atoms with Gasteiger partial charge in [-0.2, -0.15) is 13.2 Å². The van der Waals surface area contributed by atoms with E-state index in [1.807, 2.05) is 38.1 Å². The van der Waals surface area contributed by atoms with Crippen LogP contribution < -0.4 is 0 Å². The van der Waals surface area contributed by atoms with Crippen LogP contribution >= 0.6 is 0 Å². The van der Waals surface area contributed by atoms with E-state index in [0.717, 1.165) is 36.1 Å². The Hall–Kier alpha value is -2.87. The molecule has 1 heterocycles. The minimum atomic E-state index is -4.50. The van der Waals surface area contributed by atoms with Crippen LogP contribution in [0.1, 0.15) is 61.0 Å². The number of halogens is 3. The number of carboxylic acid groups (broad SMARTS) is 1. The third-order valence-electron chi connectivity index (χ3n) is 5.62. The topological polar surface area (TPSA) is 68.1 Å². The van der Waals surface area contributed by atoms with E-state index in [0.29, 0.717) is 12.1 Å². The van der Waals surface area contributed by atoms with Crippen LogP contribution in [0.15, 0.2) is 53.7 Å². The van der Waals surface area contributed by atoms with E-state index in [4.69, 9.17) is 9.57 Å². The highest BCUT2D eigenvalue weighted by molar-refractivity contribution is 5.93. The number of hydrogen-bond donors (Lipinski definition) is 1. The van der Waals surface area contributed by atoms with E-state index in [-0.39, 0.29) is 18.6 Å².